The number of azide groups is 4. The molecule has 2 heterocycles. The summed E-state index contributed by atoms with van der Waals surface area (Å²) in [5.74, 6) is 0. The lowest BCUT2D eigenvalue weighted by atomic mass is 9.86. The number of nitrogens with zero attached hydrogens (tertiary/aromatic N) is 12. The molecule has 0 N–H and O–H groups in total. The second kappa shape index (κ2) is 31.4. The number of hydrogen-bond donors (Lipinski definition) is 0. The minimum Gasteiger partial charge on any atom is -0.368 e. The fourth-order valence-corrected chi connectivity index (χ4v) is 10.3. The Morgan fingerprint density at radius 2 is 0.598 bits per heavy atom. The van der Waals surface area contributed by atoms with Gasteiger partial charge >= 0.3 is 0 Å². The molecule has 6 aromatic carbocycles. The van der Waals surface area contributed by atoms with Crippen molar-refractivity contribution in [1.82, 2.24) is 0 Å². The normalized spacial score (nSPS) is 26.9. The van der Waals surface area contributed by atoms with Crippen molar-refractivity contribution in [2.45, 2.75) is 138 Å². The third-order valence-corrected chi connectivity index (χ3v) is 14.4. The van der Waals surface area contributed by atoms with Gasteiger partial charge in [0.1, 0.15) is 36.6 Å². The van der Waals surface area contributed by atoms with Crippen molar-refractivity contribution in [3.05, 3.63) is 257 Å². The Kier molecular flexibility index (Phi) is 22.5. The molecule has 22 nitrogen and oxygen atoms in total. The van der Waals surface area contributed by atoms with Crippen LogP contribution in [0.4, 0.5) is 0 Å². The van der Waals surface area contributed by atoms with E-state index in [1.807, 2.05) is 182 Å². The molecule has 0 amide bonds. The molecule has 0 bridgehead atoms. The Hall–Kier alpha value is -7.84. The summed E-state index contributed by atoms with van der Waals surface area (Å²) in [5, 5.41) is 16.4. The van der Waals surface area contributed by atoms with E-state index in [1.165, 1.54) is 0 Å². The van der Waals surface area contributed by atoms with E-state index in [0.29, 0.717) is 0 Å². The van der Waals surface area contributed by atoms with E-state index < -0.39 is 85.7 Å². The Labute approximate surface area is 474 Å². The Bertz CT molecular complexity index is 2850. The van der Waals surface area contributed by atoms with Crippen LogP contribution in [-0.2, 0) is 87.0 Å². The molecule has 14 atom stereocenters. The molecule has 2 saturated heterocycles. The van der Waals surface area contributed by atoms with Crippen LogP contribution in [0.3, 0.4) is 0 Å². The van der Waals surface area contributed by atoms with Gasteiger partial charge in [0, 0.05) is 19.6 Å². The molecule has 22 heteroatoms. The molecule has 1 aliphatic carbocycles. The number of ether oxygens (including phenoxy) is 10. The van der Waals surface area contributed by atoms with Gasteiger partial charge in [-0.05, 0) is 68.3 Å². The van der Waals surface area contributed by atoms with Gasteiger partial charge in [0.05, 0.1) is 89.2 Å². The lowest BCUT2D eigenvalue weighted by Gasteiger charge is -2.49. The quantitative estimate of drug-likeness (QED) is 0.0254. The average Bonchev–Trinajstić information content (AvgIpc) is 3.54. The molecule has 0 radical (unpaired) electrons. The predicted molar refractivity (Wildman–Crippen MR) is 300 cm³/mol. The summed E-state index contributed by atoms with van der Waals surface area (Å²) < 4.78 is 68.3. The van der Waals surface area contributed by atoms with Crippen LogP contribution in [0.5, 0.6) is 0 Å². The van der Waals surface area contributed by atoms with Gasteiger partial charge in [-0.25, -0.2) is 0 Å². The van der Waals surface area contributed by atoms with Crippen LogP contribution >= 0.6 is 0 Å². The van der Waals surface area contributed by atoms with E-state index in [9.17, 15) is 22.1 Å². The average molecular weight is 1110 g/mol. The minimum atomic E-state index is -1.26. The maximum absolute atomic E-state index is 10.2. The molecule has 424 valence electrons. The zero-order chi connectivity index (χ0) is 56.6. The van der Waals surface area contributed by atoms with Crippen molar-refractivity contribution in [2.75, 3.05) is 13.1 Å². The van der Waals surface area contributed by atoms with E-state index in [4.69, 9.17) is 47.4 Å². The first kappa shape index (κ1) is 58.8. The van der Waals surface area contributed by atoms with Gasteiger partial charge in [0.2, 0.25) is 0 Å². The van der Waals surface area contributed by atoms with Gasteiger partial charge in [-0.3, -0.25) is 0 Å². The molecular weight excluding hydrogens is 1050 g/mol. The second-order valence-electron chi connectivity index (χ2n) is 19.8. The van der Waals surface area contributed by atoms with Crippen LogP contribution in [-0.4, -0.2) is 98.8 Å². The van der Waals surface area contributed by atoms with Crippen molar-refractivity contribution in [2.24, 2.45) is 20.5 Å². The molecule has 9 rings (SSSR count). The largest absolute Gasteiger partial charge is 0.368 e. The summed E-state index contributed by atoms with van der Waals surface area (Å²) in [6, 6.07) is 55.7. The van der Waals surface area contributed by atoms with Gasteiger partial charge in [0.25, 0.3) is 0 Å². The van der Waals surface area contributed by atoms with E-state index in [0.717, 1.165) is 33.4 Å². The van der Waals surface area contributed by atoms with Gasteiger partial charge in [-0.1, -0.05) is 202 Å². The molecule has 2 aliphatic heterocycles. The molecule has 0 unspecified atom stereocenters. The van der Waals surface area contributed by atoms with Crippen LogP contribution in [0.15, 0.2) is 202 Å². The van der Waals surface area contributed by atoms with Crippen LogP contribution in [0, 0.1) is 0 Å². The number of hydrogen-bond acceptors (Lipinski definition) is 14. The highest BCUT2D eigenvalue weighted by atomic mass is 16.7. The summed E-state index contributed by atoms with van der Waals surface area (Å²) in [6.07, 6.45) is -12.0. The van der Waals surface area contributed by atoms with Gasteiger partial charge in [0.15, 0.2) is 12.6 Å². The van der Waals surface area contributed by atoms with Gasteiger partial charge in [-0.15, -0.1) is 0 Å². The molecule has 0 aromatic heterocycles. The summed E-state index contributed by atoms with van der Waals surface area (Å²) >= 11 is 0. The molecule has 3 fully saturated rings. The molecular formula is C60H64N12O10. The Morgan fingerprint density at radius 3 is 0.854 bits per heavy atom. The fraction of sp³-hybridized carbons (Fsp3) is 0.400. The van der Waals surface area contributed by atoms with E-state index in [2.05, 4.69) is 40.1 Å². The first-order valence-corrected chi connectivity index (χ1v) is 27.1. The molecule has 82 heavy (non-hydrogen) atoms. The smallest absolute Gasteiger partial charge is 0.187 e. The number of benzene rings is 6. The first-order valence-electron chi connectivity index (χ1n) is 27.1. The molecule has 6 aromatic rings. The van der Waals surface area contributed by atoms with Crippen LogP contribution in [0.1, 0.15) is 46.2 Å². The van der Waals surface area contributed by atoms with Gasteiger partial charge in [-0.2, -0.15) is 0 Å². The maximum Gasteiger partial charge on any atom is 0.187 e. The Balaban J connectivity index is 1.04. The third-order valence-electron chi connectivity index (χ3n) is 14.4. The van der Waals surface area contributed by atoms with E-state index >= 15 is 0 Å². The topological polar surface area (TPSA) is 287 Å². The minimum absolute atomic E-state index is 0.0463. The Morgan fingerprint density at radius 1 is 0.341 bits per heavy atom. The molecule has 0 spiro atoms. The summed E-state index contributed by atoms with van der Waals surface area (Å²) in [6.45, 7) is 0.499. The van der Waals surface area contributed by atoms with Crippen LogP contribution in [0.25, 0.3) is 41.8 Å². The summed E-state index contributed by atoms with van der Waals surface area (Å²) in [7, 11) is 0. The summed E-state index contributed by atoms with van der Waals surface area (Å²) in [5.41, 5.74) is 45.0. The number of rotatable bonds is 28. The van der Waals surface area contributed by atoms with E-state index in [-0.39, 0.29) is 65.6 Å². The van der Waals surface area contributed by atoms with Crippen LogP contribution in [0.2, 0.25) is 0 Å². The van der Waals surface area contributed by atoms with Gasteiger partial charge < -0.3 is 47.4 Å². The SMILES string of the molecule is [N-]=[N+]=NC[C@H]1O[C@@H](O[C@H]2C[C@H](N=[N+]=[N-])[C@@H](O[C@H]3O[C@H](CN=[N+]=[N-])[C@@H](OCc4ccccc4)[C@H](OCc4ccccc4)[C@H]3OCc3ccccc3)C[C@@H]2N=[N+]=[N-])[C@H](OCc2ccccc2)[C@@H](OCc2ccccc2)[C@@H]1OCc1ccccc1. The first-order chi connectivity index (χ1) is 40.5. The predicted octanol–water partition coefficient (Wildman–Crippen LogP) is 12.5. The standard InChI is InChI=1S/C60H64N12O10/c61-69-65-33-51-53(73-35-41-19-7-1-8-20-41)55(75-37-43-23-11-3-12-24-43)57(77-39-45-27-15-5-16-28-45)59(81-51)79-49-31-48(68-72-64)50(32-47(49)67-71-63)80-60-58(78-40-46-29-17-6-18-30-46)56(76-38-44-25-13-4-14-26-44)54(52(82-60)34-66-70-62)74-36-42-21-9-2-10-22-42/h1-30,47-60H,31-40H2/t47-,48-,49-,50-,51+,52+,53+,54+,55-,56-,57+,58+,59-,60+/m0/s1. The summed E-state index contributed by atoms with van der Waals surface area (Å²) in [4.78, 5) is 12.7. The van der Waals surface area contributed by atoms with Crippen molar-refractivity contribution in [3.8, 4) is 0 Å². The monoisotopic (exact) mass is 1110 g/mol. The maximum atomic E-state index is 10.2. The lowest BCUT2D eigenvalue weighted by molar-refractivity contribution is -0.340. The highest BCUT2D eigenvalue weighted by Crippen LogP contribution is 2.39. The van der Waals surface area contributed by atoms with Crippen molar-refractivity contribution in [3.63, 3.8) is 0 Å². The second-order valence-corrected chi connectivity index (χ2v) is 19.8. The zero-order valence-electron chi connectivity index (χ0n) is 44.9. The van der Waals surface area contributed by atoms with Crippen molar-refractivity contribution < 1.29 is 47.4 Å². The fourth-order valence-electron chi connectivity index (χ4n) is 10.3. The third kappa shape index (κ3) is 16.6. The highest BCUT2D eigenvalue weighted by molar-refractivity contribution is 5.19. The highest BCUT2D eigenvalue weighted by Gasteiger charge is 2.53. The van der Waals surface area contributed by atoms with Crippen LogP contribution < -0.4 is 0 Å². The molecule has 1 saturated carbocycles. The van der Waals surface area contributed by atoms with Crippen molar-refractivity contribution in [1.29, 1.82) is 0 Å². The zero-order valence-corrected chi connectivity index (χ0v) is 44.9. The van der Waals surface area contributed by atoms with E-state index in [1.54, 1.807) is 0 Å². The lowest BCUT2D eigenvalue weighted by Crippen LogP contribution is -2.63. The molecule has 3 aliphatic rings. The van der Waals surface area contributed by atoms with Crippen molar-refractivity contribution >= 4 is 0 Å².